The summed E-state index contributed by atoms with van der Waals surface area (Å²) in [6.07, 6.45) is 3.05. The van der Waals surface area contributed by atoms with E-state index in [1.165, 1.54) is 16.4 Å². The Kier molecular flexibility index (Phi) is 6.63. The van der Waals surface area contributed by atoms with Crippen molar-refractivity contribution in [2.75, 3.05) is 13.1 Å². The van der Waals surface area contributed by atoms with Crippen LogP contribution in [0.2, 0.25) is 0 Å². The molecule has 2 rings (SSSR count). The van der Waals surface area contributed by atoms with Gasteiger partial charge in [-0.3, -0.25) is 0 Å². The summed E-state index contributed by atoms with van der Waals surface area (Å²) in [5.74, 6) is -0.465. The number of nitrogens with zero attached hydrogens (tertiary/aromatic N) is 1. The van der Waals surface area contributed by atoms with Crippen molar-refractivity contribution in [3.8, 4) is 0 Å². The van der Waals surface area contributed by atoms with Crippen molar-refractivity contribution in [1.29, 1.82) is 0 Å². The summed E-state index contributed by atoms with van der Waals surface area (Å²) < 4.78 is 40.4. The average molecular weight is 386 g/mol. The van der Waals surface area contributed by atoms with Crippen LogP contribution < -0.4 is 10.6 Å². The minimum Gasteiger partial charge on any atom is -0.338 e. The van der Waals surface area contributed by atoms with Gasteiger partial charge in [-0.1, -0.05) is 6.42 Å². The van der Waals surface area contributed by atoms with Crippen molar-refractivity contribution in [3.63, 3.8) is 0 Å². The fraction of sp³-hybridized carbons (Fsp3) is 0.611. The number of sulfonamides is 1. The number of halogens is 1. The summed E-state index contributed by atoms with van der Waals surface area (Å²) in [7, 11) is -3.67. The summed E-state index contributed by atoms with van der Waals surface area (Å²) in [6.45, 7) is 6.51. The van der Waals surface area contributed by atoms with Crippen LogP contribution in [0.1, 0.15) is 46.5 Å². The standard InChI is InChI=1S/C18H28FN3O3S/c1-18(2,3)21-17(23)20-12-11-15-6-4-5-13-22(15)26(24,25)16-9-7-14(19)8-10-16/h7-10,15H,4-6,11-13H2,1-3H3,(H2,20,21,23)/t15-/m0/s1. The first-order valence-electron chi connectivity index (χ1n) is 8.93. The van der Waals surface area contributed by atoms with Gasteiger partial charge in [0.15, 0.2) is 0 Å². The molecule has 0 aromatic heterocycles. The Morgan fingerprint density at radius 1 is 1.23 bits per heavy atom. The van der Waals surface area contributed by atoms with Gasteiger partial charge in [0.05, 0.1) is 4.90 Å². The van der Waals surface area contributed by atoms with Crippen molar-refractivity contribution >= 4 is 16.1 Å². The lowest BCUT2D eigenvalue weighted by Gasteiger charge is -2.35. The number of urea groups is 1. The number of piperidine rings is 1. The van der Waals surface area contributed by atoms with Crippen molar-refractivity contribution in [2.24, 2.45) is 0 Å². The number of hydrogen-bond donors (Lipinski definition) is 2. The number of hydrogen-bond acceptors (Lipinski definition) is 3. The second-order valence-electron chi connectivity index (χ2n) is 7.64. The molecule has 6 nitrogen and oxygen atoms in total. The van der Waals surface area contributed by atoms with E-state index in [0.717, 1.165) is 31.4 Å². The molecule has 1 saturated heterocycles. The van der Waals surface area contributed by atoms with Gasteiger partial charge in [-0.05, 0) is 64.3 Å². The minimum atomic E-state index is -3.67. The van der Waals surface area contributed by atoms with Crippen LogP contribution in [0.5, 0.6) is 0 Å². The van der Waals surface area contributed by atoms with Gasteiger partial charge in [0.1, 0.15) is 5.82 Å². The van der Waals surface area contributed by atoms with E-state index in [9.17, 15) is 17.6 Å². The molecule has 0 aliphatic carbocycles. The Balaban J connectivity index is 2.01. The van der Waals surface area contributed by atoms with Gasteiger partial charge in [0.2, 0.25) is 10.0 Å². The number of carbonyl (C=O) groups is 1. The highest BCUT2D eigenvalue weighted by Gasteiger charge is 2.33. The molecule has 1 atom stereocenters. The van der Waals surface area contributed by atoms with E-state index in [2.05, 4.69) is 10.6 Å². The van der Waals surface area contributed by atoms with Crippen molar-refractivity contribution in [1.82, 2.24) is 14.9 Å². The number of amides is 2. The number of carbonyl (C=O) groups excluding carboxylic acids is 1. The summed E-state index contributed by atoms with van der Waals surface area (Å²) in [5, 5.41) is 5.60. The van der Waals surface area contributed by atoms with Crippen molar-refractivity contribution in [2.45, 2.75) is 62.9 Å². The number of benzene rings is 1. The van der Waals surface area contributed by atoms with Crippen LogP contribution in [-0.4, -0.2) is 43.4 Å². The maximum atomic E-state index is 13.1. The van der Waals surface area contributed by atoms with E-state index in [1.807, 2.05) is 20.8 Å². The van der Waals surface area contributed by atoms with Gasteiger partial charge < -0.3 is 10.6 Å². The zero-order valence-corrected chi connectivity index (χ0v) is 16.4. The van der Waals surface area contributed by atoms with Gasteiger partial charge in [0, 0.05) is 24.7 Å². The van der Waals surface area contributed by atoms with E-state index in [1.54, 1.807) is 0 Å². The molecular formula is C18H28FN3O3S. The molecule has 1 aliphatic rings. The second-order valence-corrected chi connectivity index (χ2v) is 9.53. The van der Waals surface area contributed by atoms with E-state index in [4.69, 9.17) is 0 Å². The summed E-state index contributed by atoms with van der Waals surface area (Å²) in [5.41, 5.74) is -0.327. The maximum Gasteiger partial charge on any atom is 0.315 e. The predicted octanol–water partition coefficient (Wildman–Crippen LogP) is 2.86. The quantitative estimate of drug-likeness (QED) is 0.818. The molecule has 0 spiro atoms. The largest absolute Gasteiger partial charge is 0.338 e. The Bertz CT molecular complexity index is 714. The molecule has 26 heavy (non-hydrogen) atoms. The molecule has 0 unspecified atom stereocenters. The van der Waals surface area contributed by atoms with Gasteiger partial charge in [-0.15, -0.1) is 0 Å². The Hall–Kier alpha value is -1.67. The topological polar surface area (TPSA) is 78.5 Å². The van der Waals surface area contributed by atoms with Crippen LogP contribution in [-0.2, 0) is 10.0 Å². The molecule has 0 radical (unpaired) electrons. The molecule has 1 aromatic rings. The lowest BCUT2D eigenvalue weighted by Crippen LogP contribution is -2.48. The highest BCUT2D eigenvalue weighted by molar-refractivity contribution is 7.89. The molecule has 1 aromatic carbocycles. The van der Waals surface area contributed by atoms with Gasteiger partial charge in [-0.2, -0.15) is 4.31 Å². The molecule has 146 valence electrons. The van der Waals surface area contributed by atoms with Crippen molar-refractivity contribution < 1.29 is 17.6 Å². The minimum absolute atomic E-state index is 0.101. The monoisotopic (exact) mass is 385 g/mol. The van der Waals surface area contributed by atoms with E-state index in [-0.39, 0.29) is 22.5 Å². The molecule has 0 bridgehead atoms. The summed E-state index contributed by atoms with van der Waals surface area (Å²) in [4.78, 5) is 11.9. The fourth-order valence-electron chi connectivity index (χ4n) is 3.06. The normalized spacial score (nSPS) is 19.2. The van der Waals surface area contributed by atoms with Crippen LogP contribution in [0, 0.1) is 5.82 Å². The third-order valence-corrected chi connectivity index (χ3v) is 6.21. The number of rotatable bonds is 5. The highest BCUT2D eigenvalue weighted by Crippen LogP contribution is 2.27. The predicted molar refractivity (Wildman–Crippen MR) is 98.8 cm³/mol. The SMILES string of the molecule is CC(C)(C)NC(=O)NCC[C@@H]1CCCCN1S(=O)(=O)c1ccc(F)cc1. The molecule has 2 N–H and O–H groups in total. The first-order valence-corrected chi connectivity index (χ1v) is 10.4. The molecule has 8 heteroatoms. The van der Waals surface area contributed by atoms with E-state index >= 15 is 0 Å². The van der Waals surface area contributed by atoms with Crippen LogP contribution in [0.15, 0.2) is 29.2 Å². The van der Waals surface area contributed by atoms with Crippen LogP contribution in [0.3, 0.4) is 0 Å². The van der Waals surface area contributed by atoms with Gasteiger partial charge >= 0.3 is 6.03 Å². The average Bonchev–Trinajstić information content (AvgIpc) is 2.54. The van der Waals surface area contributed by atoms with Crippen LogP contribution in [0.4, 0.5) is 9.18 Å². The van der Waals surface area contributed by atoms with Crippen molar-refractivity contribution in [3.05, 3.63) is 30.1 Å². The molecule has 2 amide bonds. The third-order valence-electron chi connectivity index (χ3n) is 4.24. The zero-order valence-electron chi connectivity index (χ0n) is 15.6. The lowest BCUT2D eigenvalue weighted by atomic mass is 10.0. The Morgan fingerprint density at radius 3 is 2.50 bits per heavy atom. The zero-order chi connectivity index (χ0) is 19.4. The molecule has 1 fully saturated rings. The second kappa shape index (κ2) is 8.35. The molecule has 0 saturated carbocycles. The summed E-state index contributed by atoms with van der Waals surface area (Å²) in [6, 6.07) is 4.47. The van der Waals surface area contributed by atoms with Crippen LogP contribution >= 0.6 is 0 Å². The first kappa shape index (κ1) is 20.6. The number of nitrogens with one attached hydrogen (secondary N) is 2. The van der Waals surface area contributed by atoms with Gasteiger partial charge in [0.25, 0.3) is 0 Å². The van der Waals surface area contributed by atoms with Gasteiger partial charge in [-0.25, -0.2) is 17.6 Å². The maximum absolute atomic E-state index is 13.1. The lowest BCUT2D eigenvalue weighted by molar-refractivity contribution is 0.223. The molecular weight excluding hydrogens is 357 g/mol. The summed E-state index contributed by atoms with van der Waals surface area (Å²) >= 11 is 0. The molecule has 1 aliphatic heterocycles. The highest BCUT2D eigenvalue weighted by atomic mass is 32.2. The Labute approximate surface area is 155 Å². The fourth-order valence-corrected chi connectivity index (χ4v) is 4.78. The molecule has 1 heterocycles. The first-order chi connectivity index (χ1) is 12.1. The van der Waals surface area contributed by atoms with E-state index < -0.39 is 15.8 Å². The third kappa shape index (κ3) is 5.67. The van der Waals surface area contributed by atoms with E-state index in [0.29, 0.717) is 19.5 Å². The Morgan fingerprint density at radius 2 is 1.88 bits per heavy atom. The smallest absolute Gasteiger partial charge is 0.315 e. The van der Waals surface area contributed by atoms with Crippen LogP contribution in [0.25, 0.3) is 0 Å².